The largest absolute Gasteiger partial charge is 0.492 e. The zero-order valence-electron chi connectivity index (χ0n) is 12.3. The summed E-state index contributed by atoms with van der Waals surface area (Å²) in [6.07, 6.45) is -0.638. The summed E-state index contributed by atoms with van der Waals surface area (Å²) in [6.45, 7) is 4.01. The molecule has 114 valence electrons. The molecule has 0 aliphatic heterocycles. The van der Waals surface area contributed by atoms with E-state index in [0.29, 0.717) is 23.8 Å². The number of amides is 2. The Morgan fingerprint density at radius 2 is 2.00 bits per heavy atom. The van der Waals surface area contributed by atoms with Gasteiger partial charge in [-0.3, -0.25) is 4.79 Å². The molecule has 0 radical (unpaired) electrons. The molecule has 21 heavy (non-hydrogen) atoms. The van der Waals surface area contributed by atoms with Gasteiger partial charge in [0.1, 0.15) is 5.75 Å². The van der Waals surface area contributed by atoms with Gasteiger partial charge in [0.05, 0.1) is 25.8 Å². The average molecular weight is 293 g/mol. The molecular weight excluding hydrogens is 274 g/mol. The number of para-hydroxylation sites is 2. The van der Waals surface area contributed by atoms with E-state index in [4.69, 9.17) is 4.74 Å². The number of nitrogens with one attached hydrogen (secondary N) is 2. The van der Waals surface area contributed by atoms with Crippen LogP contribution in [0.2, 0.25) is 0 Å². The van der Waals surface area contributed by atoms with Crippen LogP contribution in [0.15, 0.2) is 29.4 Å². The van der Waals surface area contributed by atoms with Gasteiger partial charge in [0.15, 0.2) is 0 Å². The molecule has 7 nitrogen and oxygen atoms in total. The maximum Gasteiger partial charge on any atom is 0.427 e. The van der Waals surface area contributed by atoms with Gasteiger partial charge >= 0.3 is 6.09 Å². The van der Waals surface area contributed by atoms with Crippen LogP contribution in [0.3, 0.4) is 0 Å². The van der Waals surface area contributed by atoms with Crippen molar-refractivity contribution >= 4 is 23.4 Å². The van der Waals surface area contributed by atoms with Gasteiger partial charge in [0.25, 0.3) is 0 Å². The lowest BCUT2D eigenvalue weighted by molar-refractivity contribution is -0.115. The van der Waals surface area contributed by atoms with E-state index in [0.717, 1.165) is 0 Å². The van der Waals surface area contributed by atoms with Crippen LogP contribution in [0.1, 0.15) is 20.3 Å². The van der Waals surface area contributed by atoms with Crippen LogP contribution >= 0.6 is 0 Å². The van der Waals surface area contributed by atoms with Gasteiger partial charge < -0.3 is 14.8 Å². The van der Waals surface area contributed by atoms with Crippen LogP contribution in [0.25, 0.3) is 0 Å². The van der Waals surface area contributed by atoms with E-state index in [1.807, 2.05) is 13.0 Å². The number of hydrogen-bond donors (Lipinski definition) is 2. The molecule has 0 saturated heterocycles. The number of methoxy groups -OCH3 is 1. The highest BCUT2D eigenvalue weighted by atomic mass is 16.5. The monoisotopic (exact) mass is 293 g/mol. The van der Waals surface area contributed by atoms with Crippen molar-refractivity contribution < 1.29 is 19.1 Å². The second kappa shape index (κ2) is 8.57. The van der Waals surface area contributed by atoms with Crippen molar-refractivity contribution in [2.24, 2.45) is 5.10 Å². The van der Waals surface area contributed by atoms with Crippen LogP contribution in [0.4, 0.5) is 10.5 Å². The molecule has 0 heterocycles. The van der Waals surface area contributed by atoms with Crippen molar-refractivity contribution in [2.45, 2.75) is 20.3 Å². The minimum atomic E-state index is -0.684. The van der Waals surface area contributed by atoms with E-state index >= 15 is 0 Å². The third kappa shape index (κ3) is 5.94. The molecule has 0 aliphatic rings. The fraction of sp³-hybridized carbons (Fsp3) is 0.357. The highest BCUT2D eigenvalue weighted by Crippen LogP contribution is 2.23. The Balaban J connectivity index is 2.59. The third-order valence-corrected chi connectivity index (χ3v) is 2.40. The Kier molecular flexibility index (Phi) is 6.73. The fourth-order valence-corrected chi connectivity index (χ4v) is 1.50. The zero-order chi connectivity index (χ0) is 15.7. The van der Waals surface area contributed by atoms with Crippen molar-refractivity contribution in [3.05, 3.63) is 24.3 Å². The molecule has 2 amide bonds. The summed E-state index contributed by atoms with van der Waals surface area (Å²) < 4.78 is 9.79. The highest BCUT2D eigenvalue weighted by Gasteiger charge is 2.09. The molecule has 0 bridgehead atoms. The Hall–Kier alpha value is -2.57. The summed E-state index contributed by atoms with van der Waals surface area (Å²) in [7, 11) is 1.23. The number of hydrogen-bond acceptors (Lipinski definition) is 5. The first-order valence-corrected chi connectivity index (χ1v) is 6.45. The number of benzene rings is 1. The number of carbonyl (C=O) groups is 2. The zero-order valence-corrected chi connectivity index (χ0v) is 12.3. The number of anilines is 1. The maximum absolute atomic E-state index is 11.9. The van der Waals surface area contributed by atoms with E-state index in [9.17, 15) is 9.59 Å². The lowest BCUT2D eigenvalue weighted by Gasteiger charge is -2.11. The average Bonchev–Trinajstić information content (AvgIpc) is 2.47. The number of carbonyl (C=O) groups excluding carboxylic acids is 2. The normalized spacial score (nSPS) is 10.7. The van der Waals surface area contributed by atoms with Crippen LogP contribution < -0.4 is 15.5 Å². The predicted molar refractivity (Wildman–Crippen MR) is 79.5 cm³/mol. The first kappa shape index (κ1) is 16.5. The van der Waals surface area contributed by atoms with Crippen molar-refractivity contribution in [3.8, 4) is 5.75 Å². The molecule has 0 aliphatic carbocycles. The summed E-state index contributed by atoms with van der Waals surface area (Å²) >= 11 is 0. The number of ether oxygens (including phenoxy) is 2. The van der Waals surface area contributed by atoms with Crippen molar-refractivity contribution in [3.63, 3.8) is 0 Å². The van der Waals surface area contributed by atoms with Gasteiger partial charge in [-0.1, -0.05) is 12.1 Å². The van der Waals surface area contributed by atoms with Gasteiger partial charge in [-0.2, -0.15) is 5.10 Å². The van der Waals surface area contributed by atoms with Crippen LogP contribution in [-0.4, -0.2) is 31.4 Å². The molecule has 1 aromatic rings. The molecule has 0 spiro atoms. The van der Waals surface area contributed by atoms with Crippen molar-refractivity contribution in [1.29, 1.82) is 0 Å². The molecule has 0 saturated carbocycles. The van der Waals surface area contributed by atoms with Gasteiger partial charge in [0, 0.05) is 5.71 Å². The second-order valence-corrected chi connectivity index (χ2v) is 4.10. The lowest BCUT2D eigenvalue weighted by Crippen LogP contribution is -2.21. The Morgan fingerprint density at radius 3 is 2.67 bits per heavy atom. The topological polar surface area (TPSA) is 89.0 Å². The molecule has 0 unspecified atom stereocenters. The molecular formula is C14H19N3O4. The molecule has 2 N–H and O–H groups in total. The second-order valence-electron chi connectivity index (χ2n) is 4.10. The molecule has 1 aromatic carbocycles. The SMILES string of the molecule is CCOc1ccccc1NC(=O)C/C(C)=N/NC(=O)OC. The molecule has 0 fully saturated rings. The minimum Gasteiger partial charge on any atom is -0.492 e. The molecule has 0 atom stereocenters. The number of hydrazone groups is 1. The van der Waals surface area contributed by atoms with Gasteiger partial charge in [-0.25, -0.2) is 10.2 Å². The summed E-state index contributed by atoms with van der Waals surface area (Å²) in [5.74, 6) is 0.352. The fourth-order valence-electron chi connectivity index (χ4n) is 1.50. The Bertz CT molecular complexity index is 529. The quantitative estimate of drug-likeness (QED) is 0.621. The summed E-state index contributed by atoms with van der Waals surface area (Å²) in [5, 5.41) is 6.47. The van der Waals surface area contributed by atoms with E-state index in [-0.39, 0.29) is 12.3 Å². The molecule has 7 heteroatoms. The predicted octanol–water partition coefficient (Wildman–Crippen LogP) is 2.15. The van der Waals surface area contributed by atoms with E-state index in [1.165, 1.54) is 7.11 Å². The van der Waals surface area contributed by atoms with Crippen molar-refractivity contribution in [1.82, 2.24) is 5.43 Å². The van der Waals surface area contributed by atoms with Gasteiger partial charge in [-0.05, 0) is 26.0 Å². The summed E-state index contributed by atoms with van der Waals surface area (Å²) in [4.78, 5) is 22.8. The van der Waals surface area contributed by atoms with Gasteiger partial charge in [0.2, 0.25) is 5.91 Å². The number of nitrogens with zero attached hydrogens (tertiary/aromatic N) is 1. The lowest BCUT2D eigenvalue weighted by atomic mass is 10.2. The Morgan fingerprint density at radius 1 is 1.29 bits per heavy atom. The minimum absolute atomic E-state index is 0.0461. The maximum atomic E-state index is 11.9. The van der Waals surface area contributed by atoms with Crippen molar-refractivity contribution in [2.75, 3.05) is 19.0 Å². The Labute approximate surface area is 123 Å². The van der Waals surface area contributed by atoms with E-state index in [2.05, 4.69) is 20.6 Å². The number of rotatable bonds is 6. The van der Waals surface area contributed by atoms with Gasteiger partial charge in [-0.15, -0.1) is 0 Å². The standard InChI is InChI=1S/C14H19N3O4/c1-4-21-12-8-6-5-7-11(12)15-13(18)9-10(2)16-17-14(19)20-3/h5-8H,4,9H2,1-3H3,(H,15,18)(H,17,19)/b16-10+. The smallest absolute Gasteiger partial charge is 0.427 e. The first-order chi connectivity index (χ1) is 10.1. The van der Waals surface area contributed by atoms with Crippen LogP contribution in [0, 0.1) is 0 Å². The highest BCUT2D eigenvalue weighted by molar-refractivity contribution is 6.06. The van der Waals surface area contributed by atoms with E-state index < -0.39 is 6.09 Å². The summed E-state index contributed by atoms with van der Waals surface area (Å²) in [6, 6.07) is 7.16. The van der Waals surface area contributed by atoms with Crippen LogP contribution in [0.5, 0.6) is 5.75 Å². The third-order valence-electron chi connectivity index (χ3n) is 2.40. The van der Waals surface area contributed by atoms with Crippen LogP contribution in [-0.2, 0) is 9.53 Å². The van der Waals surface area contributed by atoms with E-state index in [1.54, 1.807) is 25.1 Å². The molecule has 0 aromatic heterocycles. The molecule has 1 rings (SSSR count). The summed E-state index contributed by atoms with van der Waals surface area (Å²) in [5.41, 5.74) is 3.20. The first-order valence-electron chi connectivity index (χ1n) is 6.45.